The zero-order chi connectivity index (χ0) is 9.97. The SMILES string of the molecule is CCCc1c(Cl)ccc2c1OCC=C2. The van der Waals surface area contributed by atoms with Crippen molar-refractivity contribution in [2.24, 2.45) is 0 Å². The fourth-order valence-electron chi connectivity index (χ4n) is 1.71. The van der Waals surface area contributed by atoms with Gasteiger partial charge in [-0.25, -0.2) is 0 Å². The zero-order valence-corrected chi connectivity index (χ0v) is 8.97. The van der Waals surface area contributed by atoms with Gasteiger partial charge in [0.1, 0.15) is 12.4 Å². The highest BCUT2D eigenvalue weighted by Gasteiger charge is 2.13. The fraction of sp³-hybridized carbons (Fsp3) is 0.333. The monoisotopic (exact) mass is 208 g/mol. The highest BCUT2D eigenvalue weighted by molar-refractivity contribution is 6.31. The average molecular weight is 209 g/mol. The van der Waals surface area contributed by atoms with Gasteiger partial charge in [-0.1, -0.05) is 31.0 Å². The van der Waals surface area contributed by atoms with E-state index in [0.717, 1.165) is 34.7 Å². The maximum atomic E-state index is 6.14. The molecule has 1 nitrogen and oxygen atoms in total. The Bertz CT molecular complexity index is 369. The summed E-state index contributed by atoms with van der Waals surface area (Å²) >= 11 is 6.14. The Kier molecular flexibility index (Phi) is 2.78. The van der Waals surface area contributed by atoms with E-state index in [-0.39, 0.29) is 0 Å². The predicted octanol–water partition coefficient (Wildman–Crippen LogP) is 3.70. The molecular formula is C12H13ClO. The largest absolute Gasteiger partial charge is 0.489 e. The second kappa shape index (κ2) is 4.05. The van der Waals surface area contributed by atoms with E-state index in [1.165, 1.54) is 0 Å². The molecule has 1 aromatic rings. The topological polar surface area (TPSA) is 9.23 Å². The van der Waals surface area contributed by atoms with E-state index >= 15 is 0 Å². The Balaban J connectivity index is 2.50. The first-order valence-electron chi connectivity index (χ1n) is 4.93. The van der Waals surface area contributed by atoms with E-state index in [1.54, 1.807) is 0 Å². The normalized spacial score (nSPS) is 13.6. The highest BCUT2D eigenvalue weighted by atomic mass is 35.5. The van der Waals surface area contributed by atoms with Gasteiger partial charge in [-0.05, 0) is 24.6 Å². The van der Waals surface area contributed by atoms with Crippen LogP contribution in [0.1, 0.15) is 24.5 Å². The summed E-state index contributed by atoms with van der Waals surface area (Å²) < 4.78 is 5.62. The van der Waals surface area contributed by atoms with Crippen LogP contribution in [0.2, 0.25) is 5.02 Å². The first-order chi connectivity index (χ1) is 6.83. The lowest BCUT2D eigenvalue weighted by Gasteiger charge is -2.17. The lowest BCUT2D eigenvalue weighted by Crippen LogP contribution is -2.04. The van der Waals surface area contributed by atoms with Gasteiger partial charge < -0.3 is 4.74 Å². The van der Waals surface area contributed by atoms with Gasteiger partial charge in [0, 0.05) is 16.1 Å². The third-order valence-electron chi connectivity index (χ3n) is 2.36. The van der Waals surface area contributed by atoms with Gasteiger partial charge in [-0.15, -0.1) is 0 Å². The number of rotatable bonds is 2. The molecule has 2 heteroatoms. The number of hydrogen-bond acceptors (Lipinski definition) is 1. The molecule has 1 heterocycles. The van der Waals surface area contributed by atoms with Gasteiger partial charge in [-0.3, -0.25) is 0 Å². The molecule has 0 fully saturated rings. The molecule has 0 atom stereocenters. The Hall–Kier alpha value is -0.950. The van der Waals surface area contributed by atoms with Crippen molar-refractivity contribution in [3.8, 4) is 5.75 Å². The molecule has 1 aliphatic heterocycles. The number of halogens is 1. The van der Waals surface area contributed by atoms with Crippen LogP contribution in [0.3, 0.4) is 0 Å². The van der Waals surface area contributed by atoms with Gasteiger partial charge >= 0.3 is 0 Å². The first kappa shape index (κ1) is 9.60. The van der Waals surface area contributed by atoms with Gasteiger partial charge in [0.25, 0.3) is 0 Å². The molecule has 0 N–H and O–H groups in total. The maximum absolute atomic E-state index is 6.14. The highest BCUT2D eigenvalue weighted by Crippen LogP contribution is 2.34. The van der Waals surface area contributed by atoms with Crippen molar-refractivity contribution in [2.75, 3.05) is 6.61 Å². The molecule has 0 aliphatic carbocycles. The first-order valence-corrected chi connectivity index (χ1v) is 5.31. The Morgan fingerprint density at radius 3 is 3.07 bits per heavy atom. The van der Waals surface area contributed by atoms with Gasteiger partial charge in [0.2, 0.25) is 0 Å². The van der Waals surface area contributed by atoms with E-state index in [2.05, 4.69) is 13.0 Å². The number of fused-ring (bicyclic) bond motifs is 1. The quantitative estimate of drug-likeness (QED) is 0.720. The lowest BCUT2D eigenvalue weighted by molar-refractivity contribution is 0.354. The van der Waals surface area contributed by atoms with Gasteiger partial charge in [0.15, 0.2) is 0 Å². The number of hydrogen-bond donors (Lipinski definition) is 0. The number of ether oxygens (including phenoxy) is 1. The van der Waals surface area contributed by atoms with Crippen LogP contribution in [0, 0.1) is 0 Å². The molecule has 0 saturated carbocycles. The van der Waals surface area contributed by atoms with E-state index < -0.39 is 0 Å². The van der Waals surface area contributed by atoms with Crippen molar-refractivity contribution in [2.45, 2.75) is 19.8 Å². The van der Waals surface area contributed by atoms with Gasteiger partial charge in [-0.2, -0.15) is 0 Å². The summed E-state index contributed by atoms with van der Waals surface area (Å²) in [5.74, 6) is 0.974. The summed E-state index contributed by atoms with van der Waals surface area (Å²) in [7, 11) is 0. The van der Waals surface area contributed by atoms with Crippen LogP contribution in [0.25, 0.3) is 6.08 Å². The van der Waals surface area contributed by atoms with Crippen LogP contribution < -0.4 is 4.74 Å². The van der Waals surface area contributed by atoms with E-state index in [4.69, 9.17) is 16.3 Å². The van der Waals surface area contributed by atoms with Crippen LogP contribution in [0.15, 0.2) is 18.2 Å². The Morgan fingerprint density at radius 1 is 1.43 bits per heavy atom. The van der Waals surface area contributed by atoms with Crippen LogP contribution in [-0.4, -0.2) is 6.61 Å². The smallest absolute Gasteiger partial charge is 0.131 e. The minimum atomic E-state index is 0.657. The van der Waals surface area contributed by atoms with Crippen molar-refractivity contribution in [1.29, 1.82) is 0 Å². The molecule has 14 heavy (non-hydrogen) atoms. The second-order valence-electron chi connectivity index (χ2n) is 3.41. The second-order valence-corrected chi connectivity index (χ2v) is 3.81. The minimum absolute atomic E-state index is 0.657. The number of benzene rings is 1. The summed E-state index contributed by atoms with van der Waals surface area (Å²) in [6, 6.07) is 3.96. The fourth-order valence-corrected chi connectivity index (χ4v) is 1.96. The van der Waals surface area contributed by atoms with E-state index in [0.29, 0.717) is 6.61 Å². The molecule has 0 unspecified atom stereocenters. The van der Waals surface area contributed by atoms with Crippen molar-refractivity contribution in [1.82, 2.24) is 0 Å². The Labute approximate surface area is 89.3 Å². The van der Waals surface area contributed by atoms with Crippen molar-refractivity contribution in [3.05, 3.63) is 34.4 Å². The molecular weight excluding hydrogens is 196 g/mol. The summed E-state index contributed by atoms with van der Waals surface area (Å²) in [6.07, 6.45) is 6.18. The van der Waals surface area contributed by atoms with Crippen LogP contribution in [-0.2, 0) is 6.42 Å². The molecule has 0 aromatic heterocycles. The molecule has 1 aromatic carbocycles. The minimum Gasteiger partial charge on any atom is -0.489 e. The van der Waals surface area contributed by atoms with E-state index in [1.807, 2.05) is 18.2 Å². The molecule has 0 bridgehead atoms. The van der Waals surface area contributed by atoms with Crippen molar-refractivity contribution in [3.63, 3.8) is 0 Å². The molecule has 0 radical (unpaired) electrons. The third kappa shape index (κ3) is 1.64. The zero-order valence-electron chi connectivity index (χ0n) is 8.22. The van der Waals surface area contributed by atoms with Crippen LogP contribution in [0.4, 0.5) is 0 Å². The predicted molar refractivity (Wildman–Crippen MR) is 60.0 cm³/mol. The standard InChI is InChI=1S/C12H13ClO/c1-2-4-10-11(13)7-6-9-5-3-8-14-12(9)10/h3,5-7H,2,4,8H2,1H3. The lowest BCUT2D eigenvalue weighted by atomic mass is 10.0. The van der Waals surface area contributed by atoms with Crippen LogP contribution >= 0.6 is 11.6 Å². The Morgan fingerprint density at radius 2 is 2.29 bits per heavy atom. The maximum Gasteiger partial charge on any atom is 0.131 e. The molecule has 74 valence electrons. The molecule has 0 spiro atoms. The third-order valence-corrected chi connectivity index (χ3v) is 2.71. The van der Waals surface area contributed by atoms with Crippen molar-refractivity contribution >= 4 is 17.7 Å². The summed E-state index contributed by atoms with van der Waals surface area (Å²) in [4.78, 5) is 0. The van der Waals surface area contributed by atoms with Gasteiger partial charge in [0.05, 0.1) is 0 Å². The molecule has 0 saturated heterocycles. The van der Waals surface area contributed by atoms with Crippen molar-refractivity contribution < 1.29 is 4.74 Å². The summed E-state index contributed by atoms with van der Waals surface area (Å²) in [5, 5.41) is 0.820. The summed E-state index contributed by atoms with van der Waals surface area (Å²) in [5.41, 5.74) is 2.29. The molecule has 0 amide bonds. The van der Waals surface area contributed by atoms with E-state index in [9.17, 15) is 0 Å². The van der Waals surface area contributed by atoms with Crippen LogP contribution in [0.5, 0.6) is 5.75 Å². The molecule has 1 aliphatic rings. The molecule has 2 rings (SSSR count). The average Bonchev–Trinajstić information content (AvgIpc) is 2.23. The summed E-state index contributed by atoms with van der Waals surface area (Å²) in [6.45, 7) is 2.80.